The molecule has 6 heteroatoms. The zero-order valence-electron chi connectivity index (χ0n) is 10.2. The van der Waals surface area contributed by atoms with Gasteiger partial charge in [0.2, 0.25) is 0 Å². The van der Waals surface area contributed by atoms with Crippen molar-refractivity contribution in [3.63, 3.8) is 0 Å². The number of aliphatic carboxylic acids is 1. The van der Waals surface area contributed by atoms with E-state index in [4.69, 9.17) is 10.2 Å². The zero-order chi connectivity index (χ0) is 13.1. The summed E-state index contributed by atoms with van der Waals surface area (Å²) < 4.78 is 0. The summed E-state index contributed by atoms with van der Waals surface area (Å²) >= 11 is 0. The van der Waals surface area contributed by atoms with Crippen LogP contribution in [-0.2, 0) is 4.79 Å². The first kappa shape index (κ1) is 13.8. The monoisotopic (exact) mass is 244 g/mol. The van der Waals surface area contributed by atoms with Gasteiger partial charge in [-0.2, -0.15) is 0 Å². The van der Waals surface area contributed by atoms with Crippen molar-refractivity contribution < 1.29 is 19.8 Å². The molecule has 0 spiro atoms. The molecule has 1 saturated carbocycles. The van der Waals surface area contributed by atoms with Crippen molar-refractivity contribution in [2.45, 2.75) is 32.7 Å². The maximum absolute atomic E-state index is 11.4. The van der Waals surface area contributed by atoms with Crippen molar-refractivity contribution in [3.8, 4) is 0 Å². The highest BCUT2D eigenvalue weighted by Gasteiger charge is 2.45. The van der Waals surface area contributed by atoms with E-state index in [1.807, 2.05) is 0 Å². The Morgan fingerprint density at radius 1 is 1.35 bits per heavy atom. The van der Waals surface area contributed by atoms with E-state index < -0.39 is 24.6 Å². The summed E-state index contributed by atoms with van der Waals surface area (Å²) in [6, 6.07) is -1.79. The van der Waals surface area contributed by atoms with Crippen LogP contribution in [0.5, 0.6) is 0 Å². The predicted molar refractivity (Wildman–Crippen MR) is 61.5 cm³/mol. The molecule has 0 radical (unpaired) electrons. The molecule has 0 unspecified atom stereocenters. The molecule has 98 valence electrons. The van der Waals surface area contributed by atoms with Crippen LogP contribution < -0.4 is 10.6 Å². The summed E-state index contributed by atoms with van der Waals surface area (Å²) in [6.07, 6.45) is 2.18. The number of urea groups is 1. The zero-order valence-corrected chi connectivity index (χ0v) is 10.2. The molecule has 0 aromatic carbocycles. The number of aliphatic hydroxyl groups excluding tert-OH is 1. The molecule has 1 fully saturated rings. The number of aliphatic hydroxyl groups is 1. The minimum Gasteiger partial charge on any atom is -0.480 e. The van der Waals surface area contributed by atoms with Gasteiger partial charge in [-0.15, -0.1) is 0 Å². The minimum atomic E-state index is -1.25. The molecule has 0 heterocycles. The number of carbonyl (C=O) groups is 2. The third-order valence-electron chi connectivity index (χ3n) is 3.50. The van der Waals surface area contributed by atoms with Gasteiger partial charge in [-0.05, 0) is 24.2 Å². The second kappa shape index (κ2) is 5.35. The second-order valence-corrected chi connectivity index (χ2v) is 4.92. The number of carbonyl (C=O) groups excluding carboxylic acids is 1. The summed E-state index contributed by atoms with van der Waals surface area (Å²) in [4.78, 5) is 22.0. The summed E-state index contributed by atoms with van der Waals surface area (Å²) in [5.74, 6) is -0.747. The van der Waals surface area contributed by atoms with E-state index in [1.54, 1.807) is 0 Å². The summed E-state index contributed by atoms with van der Waals surface area (Å²) in [6.45, 7) is 4.16. The van der Waals surface area contributed by atoms with E-state index >= 15 is 0 Å². The van der Waals surface area contributed by atoms with Gasteiger partial charge in [0.05, 0.1) is 6.61 Å². The molecule has 6 nitrogen and oxygen atoms in total. The van der Waals surface area contributed by atoms with Crippen molar-refractivity contribution in [2.75, 3.05) is 13.2 Å². The first-order valence-electron chi connectivity index (χ1n) is 5.79. The highest BCUT2D eigenvalue weighted by Crippen LogP contribution is 2.51. The number of rotatable bonds is 6. The van der Waals surface area contributed by atoms with Crippen LogP contribution in [0.3, 0.4) is 0 Å². The van der Waals surface area contributed by atoms with Gasteiger partial charge in [0.15, 0.2) is 6.04 Å². The Morgan fingerprint density at radius 2 is 1.94 bits per heavy atom. The number of nitrogens with one attached hydrogen (secondary N) is 2. The van der Waals surface area contributed by atoms with Crippen molar-refractivity contribution in [3.05, 3.63) is 0 Å². The van der Waals surface area contributed by atoms with Crippen LogP contribution in [0.1, 0.15) is 26.7 Å². The molecule has 0 aromatic rings. The second-order valence-electron chi connectivity index (χ2n) is 4.92. The van der Waals surface area contributed by atoms with E-state index in [1.165, 1.54) is 0 Å². The fraction of sp³-hybridized carbons (Fsp3) is 0.818. The lowest BCUT2D eigenvalue weighted by Gasteiger charge is -2.21. The van der Waals surface area contributed by atoms with Crippen LogP contribution in [0.25, 0.3) is 0 Å². The fourth-order valence-corrected chi connectivity index (χ4v) is 1.77. The fourth-order valence-electron chi connectivity index (χ4n) is 1.77. The van der Waals surface area contributed by atoms with Gasteiger partial charge >= 0.3 is 12.0 Å². The van der Waals surface area contributed by atoms with E-state index in [2.05, 4.69) is 24.5 Å². The van der Waals surface area contributed by atoms with E-state index in [0.717, 1.165) is 12.8 Å². The Bertz CT molecular complexity index is 300. The number of carboxylic acids is 1. The van der Waals surface area contributed by atoms with Crippen molar-refractivity contribution in [1.82, 2.24) is 10.6 Å². The molecule has 0 saturated heterocycles. The largest absolute Gasteiger partial charge is 0.480 e. The van der Waals surface area contributed by atoms with E-state index in [0.29, 0.717) is 12.5 Å². The molecule has 1 atom stereocenters. The van der Waals surface area contributed by atoms with Gasteiger partial charge in [0, 0.05) is 6.54 Å². The first-order valence-corrected chi connectivity index (χ1v) is 5.79. The average molecular weight is 244 g/mol. The van der Waals surface area contributed by atoms with E-state index in [-0.39, 0.29) is 5.41 Å². The Kier molecular flexibility index (Phi) is 4.34. The molecule has 2 amide bonds. The molecule has 1 rings (SSSR count). The summed E-state index contributed by atoms with van der Waals surface area (Å²) in [5.41, 5.74) is 0.176. The van der Waals surface area contributed by atoms with Crippen molar-refractivity contribution in [1.29, 1.82) is 0 Å². The topological polar surface area (TPSA) is 98.7 Å². The number of hydrogen-bond donors (Lipinski definition) is 4. The number of amides is 2. The van der Waals surface area contributed by atoms with Gasteiger partial charge in [-0.25, -0.2) is 9.59 Å². The third kappa shape index (κ3) is 3.59. The van der Waals surface area contributed by atoms with Gasteiger partial charge < -0.3 is 20.8 Å². The first-order chi connectivity index (χ1) is 7.91. The smallest absolute Gasteiger partial charge is 0.328 e. The Hall–Kier alpha value is -1.30. The third-order valence-corrected chi connectivity index (χ3v) is 3.50. The summed E-state index contributed by atoms with van der Waals surface area (Å²) in [5, 5.41) is 22.3. The van der Waals surface area contributed by atoms with Crippen LogP contribution in [0, 0.1) is 11.3 Å². The number of hydrogen-bond acceptors (Lipinski definition) is 3. The van der Waals surface area contributed by atoms with E-state index in [9.17, 15) is 9.59 Å². The van der Waals surface area contributed by atoms with Crippen molar-refractivity contribution in [2.24, 2.45) is 11.3 Å². The van der Waals surface area contributed by atoms with Gasteiger partial charge in [0.1, 0.15) is 0 Å². The quantitative estimate of drug-likeness (QED) is 0.535. The predicted octanol–water partition coefficient (Wildman–Crippen LogP) is 0.167. The lowest BCUT2D eigenvalue weighted by Crippen LogP contribution is -2.49. The van der Waals surface area contributed by atoms with Gasteiger partial charge in [0.25, 0.3) is 0 Å². The molecule has 4 N–H and O–H groups in total. The maximum atomic E-state index is 11.4. The standard InChI is InChI=1S/C11H20N2O4/c1-7(2)11(3-4-11)6-12-10(17)13-8(5-14)9(15)16/h7-8,14H,3-6H2,1-2H3,(H,15,16)(H2,12,13,17)/t8-/m1/s1. The minimum absolute atomic E-state index is 0.176. The number of carboxylic acid groups (broad SMARTS) is 1. The van der Waals surface area contributed by atoms with Crippen molar-refractivity contribution >= 4 is 12.0 Å². The molecule has 1 aliphatic carbocycles. The molecule has 0 aliphatic heterocycles. The normalized spacial score (nSPS) is 18.6. The molecular formula is C11H20N2O4. The Balaban J connectivity index is 2.33. The molecule has 17 heavy (non-hydrogen) atoms. The molecule has 0 bridgehead atoms. The van der Waals surface area contributed by atoms with Gasteiger partial charge in [-0.1, -0.05) is 13.8 Å². The highest BCUT2D eigenvalue weighted by molar-refractivity contribution is 5.82. The Labute approximate surface area is 100 Å². The lowest BCUT2D eigenvalue weighted by molar-refractivity contribution is -0.140. The molecule has 1 aliphatic rings. The molecule has 0 aromatic heterocycles. The maximum Gasteiger partial charge on any atom is 0.328 e. The van der Waals surface area contributed by atoms with Crippen LogP contribution in [0.15, 0.2) is 0 Å². The SMILES string of the molecule is CC(C)C1(CNC(=O)N[C@H](CO)C(=O)O)CC1. The molecular weight excluding hydrogens is 224 g/mol. The summed E-state index contributed by atoms with van der Waals surface area (Å²) in [7, 11) is 0. The average Bonchev–Trinajstić information content (AvgIpc) is 3.03. The Morgan fingerprint density at radius 3 is 2.29 bits per heavy atom. The highest BCUT2D eigenvalue weighted by atomic mass is 16.4. The van der Waals surface area contributed by atoms with Crippen LogP contribution in [0.2, 0.25) is 0 Å². The van der Waals surface area contributed by atoms with Crippen LogP contribution in [-0.4, -0.2) is 41.4 Å². The lowest BCUT2D eigenvalue weighted by atomic mass is 9.92. The van der Waals surface area contributed by atoms with Crippen LogP contribution in [0.4, 0.5) is 4.79 Å². The van der Waals surface area contributed by atoms with Gasteiger partial charge in [-0.3, -0.25) is 0 Å². The van der Waals surface area contributed by atoms with Crippen LogP contribution >= 0.6 is 0 Å².